The highest BCUT2D eigenvalue weighted by Gasteiger charge is 2.35. The second-order valence-electron chi connectivity index (χ2n) is 4.97. The van der Waals surface area contributed by atoms with Gasteiger partial charge in [0.1, 0.15) is 0 Å². The summed E-state index contributed by atoms with van der Waals surface area (Å²) in [4.78, 5) is 12.1. The lowest BCUT2D eigenvalue weighted by atomic mass is 9.94. The van der Waals surface area contributed by atoms with Crippen LogP contribution in [0, 0.1) is 5.92 Å². The van der Waals surface area contributed by atoms with Gasteiger partial charge in [0.25, 0.3) is 0 Å². The van der Waals surface area contributed by atoms with Crippen LogP contribution in [-0.2, 0) is 6.18 Å². The van der Waals surface area contributed by atoms with Crippen LogP contribution >= 0.6 is 15.9 Å². The number of ketones is 1. The van der Waals surface area contributed by atoms with Gasteiger partial charge in [-0.15, -0.1) is 0 Å². The Bertz CT molecular complexity index is 476. The Kier molecular flexibility index (Phi) is 4.33. The molecule has 2 rings (SSSR count). The van der Waals surface area contributed by atoms with Crippen molar-refractivity contribution >= 4 is 21.7 Å². The number of halogens is 4. The first kappa shape index (κ1) is 14.6. The molecule has 0 bridgehead atoms. The van der Waals surface area contributed by atoms with Gasteiger partial charge in [-0.05, 0) is 24.1 Å². The maximum atomic E-state index is 12.9. The van der Waals surface area contributed by atoms with E-state index in [2.05, 4.69) is 15.9 Å². The molecule has 0 spiro atoms. The summed E-state index contributed by atoms with van der Waals surface area (Å²) in [6, 6.07) is 3.73. The lowest BCUT2D eigenvalue weighted by molar-refractivity contribution is -0.138. The zero-order chi connectivity index (χ0) is 14.0. The van der Waals surface area contributed by atoms with Gasteiger partial charge in [-0.25, -0.2) is 0 Å². The van der Waals surface area contributed by atoms with E-state index in [1.165, 1.54) is 12.1 Å². The summed E-state index contributed by atoms with van der Waals surface area (Å²) in [5.74, 6) is -0.149. The molecule has 1 aliphatic carbocycles. The van der Waals surface area contributed by atoms with Crippen LogP contribution in [0.1, 0.15) is 48.0 Å². The molecule has 0 radical (unpaired) electrons. The van der Waals surface area contributed by atoms with Gasteiger partial charge in [-0.2, -0.15) is 13.2 Å². The van der Waals surface area contributed by atoms with E-state index in [0.717, 1.165) is 31.7 Å². The molecule has 0 saturated heterocycles. The lowest BCUT2D eigenvalue weighted by Crippen LogP contribution is -2.15. The van der Waals surface area contributed by atoms with Crippen molar-refractivity contribution in [3.8, 4) is 0 Å². The maximum absolute atomic E-state index is 12.9. The number of rotatable bonds is 3. The second-order valence-corrected chi connectivity index (χ2v) is 5.88. The molecule has 1 nitrogen and oxygen atoms in total. The van der Waals surface area contributed by atoms with E-state index in [1.54, 1.807) is 0 Å². The van der Waals surface area contributed by atoms with Crippen molar-refractivity contribution in [3.05, 3.63) is 33.8 Å². The molecule has 0 amide bonds. The van der Waals surface area contributed by atoms with Gasteiger partial charge in [0.15, 0.2) is 5.78 Å². The van der Waals surface area contributed by atoms with Crippen LogP contribution in [0.15, 0.2) is 22.7 Å². The number of hydrogen-bond donors (Lipinski definition) is 0. The van der Waals surface area contributed by atoms with Gasteiger partial charge in [0, 0.05) is 16.5 Å². The first-order valence-corrected chi connectivity index (χ1v) is 7.07. The highest BCUT2D eigenvalue weighted by molar-refractivity contribution is 9.10. The number of alkyl halides is 3. The van der Waals surface area contributed by atoms with E-state index in [4.69, 9.17) is 0 Å². The van der Waals surface area contributed by atoms with E-state index in [9.17, 15) is 18.0 Å². The van der Waals surface area contributed by atoms with Crippen LogP contribution in [0.25, 0.3) is 0 Å². The van der Waals surface area contributed by atoms with Crippen molar-refractivity contribution in [1.29, 1.82) is 0 Å². The minimum atomic E-state index is -4.50. The van der Waals surface area contributed by atoms with Gasteiger partial charge >= 0.3 is 6.18 Å². The van der Waals surface area contributed by atoms with E-state index in [1.807, 2.05) is 0 Å². The van der Waals surface area contributed by atoms with E-state index in [0.29, 0.717) is 4.47 Å². The van der Waals surface area contributed by atoms with E-state index >= 15 is 0 Å². The second kappa shape index (κ2) is 5.65. The molecule has 0 atom stereocenters. The molecule has 0 aliphatic heterocycles. The van der Waals surface area contributed by atoms with Crippen molar-refractivity contribution in [3.63, 3.8) is 0 Å². The largest absolute Gasteiger partial charge is 0.417 e. The van der Waals surface area contributed by atoms with Gasteiger partial charge in [-0.1, -0.05) is 41.6 Å². The maximum Gasteiger partial charge on any atom is 0.417 e. The quantitative estimate of drug-likeness (QED) is 0.691. The van der Waals surface area contributed by atoms with Gasteiger partial charge < -0.3 is 0 Å². The summed E-state index contributed by atoms with van der Waals surface area (Å²) >= 11 is 3.01. The first-order valence-electron chi connectivity index (χ1n) is 6.28. The fraction of sp³-hybridized carbons (Fsp3) is 0.500. The average Bonchev–Trinajstić information content (AvgIpc) is 2.80. The third-order valence-corrected chi connectivity index (χ3v) is 4.03. The molecule has 104 valence electrons. The third-order valence-electron chi connectivity index (χ3n) is 3.54. The number of carbonyl (C=O) groups excluding carboxylic acids is 1. The molecular formula is C14H14BrF3O. The Morgan fingerprint density at radius 1 is 1.26 bits per heavy atom. The lowest BCUT2D eigenvalue weighted by Gasteiger charge is -2.14. The zero-order valence-electron chi connectivity index (χ0n) is 10.3. The predicted octanol–water partition coefficient (Wildman–Crippen LogP) is 5.23. The highest BCUT2D eigenvalue weighted by Crippen LogP contribution is 2.36. The van der Waals surface area contributed by atoms with Crippen LogP contribution in [0.4, 0.5) is 13.2 Å². The minimum absolute atomic E-state index is 0.206. The third kappa shape index (κ3) is 3.59. The summed E-state index contributed by atoms with van der Waals surface area (Å²) in [5.41, 5.74) is -1.05. The zero-order valence-corrected chi connectivity index (χ0v) is 11.9. The van der Waals surface area contributed by atoms with Crippen LogP contribution in [0.3, 0.4) is 0 Å². The molecule has 1 fully saturated rings. The normalized spacial score (nSPS) is 16.8. The summed E-state index contributed by atoms with van der Waals surface area (Å²) < 4.78 is 39.1. The van der Waals surface area contributed by atoms with Crippen molar-refractivity contribution in [2.75, 3.05) is 0 Å². The molecule has 1 aromatic carbocycles. The monoisotopic (exact) mass is 334 g/mol. The fourth-order valence-electron chi connectivity index (χ4n) is 2.58. The minimum Gasteiger partial charge on any atom is -0.294 e. The topological polar surface area (TPSA) is 17.1 Å². The summed E-state index contributed by atoms with van der Waals surface area (Å²) in [6.07, 6.45) is -0.225. The Hall–Kier alpha value is -0.840. The van der Waals surface area contributed by atoms with Gasteiger partial charge in [-0.3, -0.25) is 4.79 Å². The SMILES string of the molecule is O=C(CC1CCCC1)c1ccc(Br)cc1C(F)(F)F. The summed E-state index contributed by atoms with van der Waals surface area (Å²) in [7, 11) is 0. The summed E-state index contributed by atoms with van der Waals surface area (Å²) in [6.45, 7) is 0. The molecule has 19 heavy (non-hydrogen) atoms. The average molecular weight is 335 g/mol. The van der Waals surface area contributed by atoms with Gasteiger partial charge in [0.2, 0.25) is 0 Å². The Morgan fingerprint density at radius 2 is 1.89 bits per heavy atom. The molecule has 1 aromatic rings. The van der Waals surface area contributed by atoms with Crippen LogP contribution in [0.5, 0.6) is 0 Å². The van der Waals surface area contributed by atoms with Crippen LogP contribution < -0.4 is 0 Å². The smallest absolute Gasteiger partial charge is 0.294 e. The Morgan fingerprint density at radius 3 is 2.47 bits per heavy atom. The highest BCUT2D eigenvalue weighted by atomic mass is 79.9. The number of Topliss-reactive ketones (excluding diaryl/α,β-unsaturated/α-hetero) is 1. The fourth-order valence-corrected chi connectivity index (χ4v) is 2.94. The predicted molar refractivity (Wildman–Crippen MR) is 70.0 cm³/mol. The van der Waals surface area contributed by atoms with Crippen molar-refractivity contribution in [1.82, 2.24) is 0 Å². The number of carbonyl (C=O) groups is 1. The Balaban J connectivity index is 2.25. The van der Waals surface area contributed by atoms with Crippen LogP contribution in [-0.4, -0.2) is 5.78 Å². The number of benzene rings is 1. The Labute approximate surface area is 118 Å². The van der Waals surface area contributed by atoms with Crippen molar-refractivity contribution in [2.45, 2.75) is 38.3 Å². The van der Waals surface area contributed by atoms with Crippen molar-refractivity contribution in [2.24, 2.45) is 5.92 Å². The number of hydrogen-bond acceptors (Lipinski definition) is 1. The molecule has 0 unspecified atom stereocenters. The molecule has 0 heterocycles. The molecule has 1 aliphatic rings. The van der Waals surface area contributed by atoms with Crippen molar-refractivity contribution < 1.29 is 18.0 Å². The molecule has 5 heteroatoms. The first-order chi connectivity index (χ1) is 8.88. The summed E-state index contributed by atoms with van der Waals surface area (Å²) in [5, 5.41) is 0. The molecular weight excluding hydrogens is 321 g/mol. The van der Waals surface area contributed by atoms with E-state index in [-0.39, 0.29) is 17.9 Å². The molecule has 0 aromatic heterocycles. The van der Waals surface area contributed by atoms with E-state index < -0.39 is 17.5 Å². The standard InChI is InChI=1S/C14H14BrF3O/c15-10-5-6-11(12(8-10)14(16,17)18)13(19)7-9-3-1-2-4-9/h5-6,8-9H,1-4,7H2. The van der Waals surface area contributed by atoms with Gasteiger partial charge in [0.05, 0.1) is 5.56 Å². The molecule has 0 N–H and O–H groups in total. The molecule has 1 saturated carbocycles. The van der Waals surface area contributed by atoms with Crippen LogP contribution in [0.2, 0.25) is 0 Å².